The van der Waals surface area contributed by atoms with Crippen LogP contribution < -0.4 is 0 Å². The van der Waals surface area contributed by atoms with E-state index in [2.05, 4.69) is 16.8 Å². The third-order valence-electron chi connectivity index (χ3n) is 3.06. The molecule has 0 amide bonds. The van der Waals surface area contributed by atoms with Gasteiger partial charge in [0.25, 0.3) is 0 Å². The number of hydrogen-bond donors (Lipinski definition) is 1. The maximum atomic E-state index is 9.39. The van der Waals surface area contributed by atoms with Crippen LogP contribution in [0.5, 0.6) is 0 Å². The zero-order chi connectivity index (χ0) is 10.7. The summed E-state index contributed by atoms with van der Waals surface area (Å²) in [6.45, 7) is 5.26. The fraction of sp³-hybridized carbons (Fsp3) is 0.727. The second kappa shape index (κ2) is 5.05. The Morgan fingerprint density at radius 3 is 2.87 bits per heavy atom. The molecule has 84 valence electrons. The van der Waals surface area contributed by atoms with Gasteiger partial charge in [0.1, 0.15) is 0 Å². The minimum atomic E-state index is -0.0635. The molecule has 0 radical (unpaired) electrons. The highest BCUT2D eigenvalue weighted by atomic mass is 32.1. The van der Waals surface area contributed by atoms with Crippen molar-refractivity contribution >= 4 is 11.3 Å². The number of aryl methyl sites for hydroxylation is 1. The summed E-state index contributed by atoms with van der Waals surface area (Å²) in [7, 11) is 0. The van der Waals surface area contributed by atoms with E-state index in [1.807, 2.05) is 5.51 Å². The van der Waals surface area contributed by atoms with Gasteiger partial charge in [-0.3, -0.25) is 0 Å². The first-order chi connectivity index (χ1) is 7.25. The Morgan fingerprint density at radius 1 is 1.53 bits per heavy atom. The zero-order valence-electron chi connectivity index (χ0n) is 9.15. The molecular weight excluding hydrogens is 208 g/mol. The van der Waals surface area contributed by atoms with E-state index in [0.717, 1.165) is 38.9 Å². The van der Waals surface area contributed by atoms with Crippen molar-refractivity contribution in [2.45, 2.75) is 32.3 Å². The normalized spacial score (nSPS) is 19.6. The van der Waals surface area contributed by atoms with Gasteiger partial charge < -0.3 is 10.0 Å². The lowest BCUT2D eigenvalue weighted by molar-refractivity contribution is 0.0832. The summed E-state index contributed by atoms with van der Waals surface area (Å²) in [5, 5.41) is 9.39. The van der Waals surface area contributed by atoms with Gasteiger partial charge in [-0.05, 0) is 26.2 Å². The predicted octanol–water partition coefficient (Wildman–Crippen LogP) is 1.45. The van der Waals surface area contributed by atoms with Crippen LogP contribution in [0.2, 0.25) is 0 Å². The molecule has 4 heteroatoms. The summed E-state index contributed by atoms with van der Waals surface area (Å²) < 4.78 is 0. The maximum absolute atomic E-state index is 9.39. The van der Waals surface area contributed by atoms with Crippen LogP contribution >= 0.6 is 11.3 Å². The van der Waals surface area contributed by atoms with Crippen LogP contribution in [0.25, 0.3) is 0 Å². The Balaban J connectivity index is 1.77. The van der Waals surface area contributed by atoms with E-state index in [0.29, 0.717) is 0 Å². The highest BCUT2D eigenvalue weighted by molar-refractivity contribution is 7.09. The molecule has 0 atom stereocenters. The van der Waals surface area contributed by atoms with Crippen LogP contribution in [0.4, 0.5) is 0 Å². The van der Waals surface area contributed by atoms with E-state index in [1.165, 1.54) is 10.6 Å². The molecule has 1 fully saturated rings. The van der Waals surface area contributed by atoms with Crippen molar-refractivity contribution in [1.29, 1.82) is 0 Å². The average molecular weight is 226 g/mol. The van der Waals surface area contributed by atoms with Gasteiger partial charge >= 0.3 is 0 Å². The van der Waals surface area contributed by atoms with Crippen molar-refractivity contribution in [1.82, 2.24) is 9.88 Å². The largest absolute Gasteiger partial charge is 0.393 e. The Labute approximate surface area is 94.8 Å². The molecule has 1 aliphatic rings. The van der Waals surface area contributed by atoms with Gasteiger partial charge in [-0.1, -0.05) is 0 Å². The van der Waals surface area contributed by atoms with Gasteiger partial charge in [-0.15, -0.1) is 11.3 Å². The number of aliphatic hydroxyl groups is 1. The molecule has 2 rings (SSSR count). The third kappa shape index (κ3) is 3.00. The van der Waals surface area contributed by atoms with Crippen molar-refractivity contribution in [2.24, 2.45) is 0 Å². The molecule has 1 aromatic rings. The topological polar surface area (TPSA) is 36.4 Å². The fourth-order valence-corrected chi connectivity index (χ4v) is 2.74. The van der Waals surface area contributed by atoms with Gasteiger partial charge in [0.15, 0.2) is 0 Å². The van der Waals surface area contributed by atoms with Crippen LogP contribution in [0.1, 0.15) is 23.4 Å². The Morgan fingerprint density at radius 2 is 2.27 bits per heavy atom. The van der Waals surface area contributed by atoms with E-state index in [4.69, 9.17) is 0 Å². The summed E-state index contributed by atoms with van der Waals surface area (Å²) in [6, 6.07) is 0. The predicted molar refractivity (Wildman–Crippen MR) is 62.2 cm³/mol. The van der Waals surface area contributed by atoms with Gasteiger partial charge in [0, 0.05) is 24.5 Å². The second-order valence-corrected chi connectivity index (χ2v) is 5.12. The van der Waals surface area contributed by atoms with E-state index in [1.54, 1.807) is 11.3 Å². The monoisotopic (exact) mass is 226 g/mol. The fourth-order valence-electron chi connectivity index (χ4n) is 1.97. The van der Waals surface area contributed by atoms with Gasteiger partial charge in [0.05, 0.1) is 17.3 Å². The summed E-state index contributed by atoms with van der Waals surface area (Å²) in [5.74, 6) is 0. The van der Waals surface area contributed by atoms with Crippen LogP contribution in [0.3, 0.4) is 0 Å². The highest BCUT2D eigenvalue weighted by Crippen LogP contribution is 2.15. The smallest absolute Gasteiger partial charge is 0.0797 e. The molecular formula is C11H18N2OS. The summed E-state index contributed by atoms with van der Waals surface area (Å²) in [4.78, 5) is 8.09. The van der Waals surface area contributed by atoms with Crippen molar-refractivity contribution in [3.8, 4) is 0 Å². The first-order valence-electron chi connectivity index (χ1n) is 5.55. The summed E-state index contributed by atoms with van der Waals surface area (Å²) in [6.07, 6.45) is 2.90. The number of aliphatic hydroxyl groups excluding tert-OH is 1. The number of likely N-dealkylation sites (tertiary alicyclic amines) is 1. The highest BCUT2D eigenvalue weighted by Gasteiger charge is 2.16. The van der Waals surface area contributed by atoms with Crippen molar-refractivity contribution in [3.05, 3.63) is 16.1 Å². The van der Waals surface area contributed by atoms with Crippen LogP contribution in [-0.2, 0) is 6.42 Å². The zero-order valence-corrected chi connectivity index (χ0v) is 9.96. The lowest BCUT2D eigenvalue weighted by Gasteiger charge is -2.29. The van der Waals surface area contributed by atoms with E-state index in [9.17, 15) is 5.11 Å². The SMILES string of the molecule is Cc1ncsc1CCN1CCC(O)CC1. The number of aromatic nitrogens is 1. The summed E-state index contributed by atoms with van der Waals surface area (Å²) >= 11 is 1.75. The number of nitrogens with zero attached hydrogens (tertiary/aromatic N) is 2. The third-order valence-corrected chi connectivity index (χ3v) is 4.05. The molecule has 15 heavy (non-hydrogen) atoms. The molecule has 0 unspecified atom stereocenters. The molecule has 0 saturated carbocycles. The number of thiazole rings is 1. The molecule has 1 aromatic heterocycles. The maximum Gasteiger partial charge on any atom is 0.0797 e. The molecule has 0 aromatic carbocycles. The molecule has 1 aliphatic heterocycles. The molecule has 0 spiro atoms. The van der Waals surface area contributed by atoms with Gasteiger partial charge in [-0.25, -0.2) is 4.98 Å². The van der Waals surface area contributed by atoms with Crippen LogP contribution in [0.15, 0.2) is 5.51 Å². The average Bonchev–Trinajstić information content (AvgIpc) is 2.63. The molecule has 0 bridgehead atoms. The van der Waals surface area contributed by atoms with Crippen molar-refractivity contribution < 1.29 is 5.11 Å². The minimum absolute atomic E-state index is 0.0635. The lowest BCUT2D eigenvalue weighted by Crippen LogP contribution is -2.36. The Hall–Kier alpha value is -0.450. The van der Waals surface area contributed by atoms with E-state index < -0.39 is 0 Å². The standard InChI is InChI=1S/C11H18N2OS/c1-9-11(15-8-12-9)4-7-13-5-2-10(14)3-6-13/h8,10,14H,2-7H2,1H3. The van der Waals surface area contributed by atoms with Gasteiger partial charge in [0.2, 0.25) is 0 Å². The number of rotatable bonds is 3. The molecule has 3 nitrogen and oxygen atoms in total. The Kier molecular flexibility index (Phi) is 3.72. The van der Waals surface area contributed by atoms with E-state index in [-0.39, 0.29) is 6.10 Å². The van der Waals surface area contributed by atoms with Crippen LogP contribution in [0, 0.1) is 6.92 Å². The molecule has 1 N–H and O–H groups in total. The van der Waals surface area contributed by atoms with Crippen LogP contribution in [-0.4, -0.2) is 40.7 Å². The molecule has 0 aliphatic carbocycles. The lowest BCUT2D eigenvalue weighted by atomic mass is 10.1. The quantitative estimate of drug-likeness (QED) is 0.847. The first kappa shape index (κ1) is 11.0. The number of piperidine rings is 1. The van der Waals surface area contributed by atoms with Crippen molar-refractivity contribution in [3.63, 3.8) is 0 Å². The minimum Gasteiger partial charge on any atom is -0.393 e. The van der Waals surface area contributed by atoms with Gasteiger partial charge in [-0.2, -0.15) is 0 Å². The van der Waals surface area contributed by atoms with Crippen molar-refractivity contribution in [2.75, 3.05) is 19.6 Å². The summed E-state index contributed by atoms with van der Waals surface area (Å²) in [5.41, 5.74) is 3.10. The molecule has 1 saturated heterocycles. The van der Waals surface area contributed by atoms with E-state index >= 15 is 0 Å². The number of hydrogen-bond acceptors (Lipinski definition) is 4. The first-order valence-corrected chi connectivity index (χ1v) is 6.43. The Bertz CT molecular complexity index is 305. The molecule has 2 heterocycles. The second-order valence-electron chi connectivity index (χ2n) is 4.18.